The van der Waals surface area contributed by atoms with E-state index in [4.69, 9.17) is 0 Å². The quantitative estimate of drug-likeness (QED) is 0.687. The molecule has 0 spiro atoms. The number of amides is 1. The molecule has 0 radical (unpaired) electrons. The molecular formula is C13H23N5O. The topological polar surface area (TPSA) is 62.2 Å². The first kappa shape index (κ1) is 13.9. The molecule has 1 saturated carbocycles. The van der Waals surface area contributed by atoms with Gasteiger partial charge in [0, 0.05) is 46.7 Å². The van der Waals surface area contributed by atoms with Crippen LogP contribution in [0.1, 0.15) is 18.5 Å². The van der Waals surface area contributed by atoms with Crippen LogP contribution in [0.3, 0.4) is 0 Å². The largest absolute Gasteiger partial charge is 0.355 e. The van der Waals surface area contributed by atoms with E-state index in [1.807, 2.05) is 32.2 Å². The van der Waals surface area contributed by atoms with E-state index in [2.05, 4.69) is 20.2 Å². The second kappa shape index (κ2) is 6.06. The fourth-order valence-corrected chi connectivity index (χ4v) is 1.99. The summed E-state index contributed by atoms with van der Waals surface area (Å²) in [5.74, 6) is 1.44. The fraction of sp³-hybridized carbons (Fsp3) is 0.692. The van der Waals surface area contributed by atoms with Crippen LogP contribution in [0.4, 0.5) is 5.95 Å². The highest BCUT2D eigenvalue weighted by Gasteiger charge is 2.28. The number of rotatable bonds is 7. The van der Waals surface area contributed by atoms with Gasteiger partial charge >= 0.3 is 0 Å². The van der Waals surface area contributed by atoms with Crippen LogP contribution >= 0.6 is 0 Å². The van der Waals surface area contributed by atoms with Crippen molar-refractivity contribution in [1.82, 2.24) is 20.2 Å². The minimum Gasteiger partial charge on any atom is -0.355 e. The zero-order chi connectivity index (χ0) is 13.8. The van der Waals surface area contributed by atoms with Crippen molar-refractivity contribution in [3.63, 3.8) is 0 Å². The molecule has 106 valence electrons. The number of carbonyl (C=O) groups excluding carboxylic acids is 1. The molecule has 2 N–H and O–H groups in total. The standard InChI is InChI=1S/C13H23N5O/c1-17(2)13-16-9-11(18(13)3)8-14-6-7-15-12(19)10-4-5-10/h9-10,14H,4-8H2,1-3H3,(H,15,19). The maximum Gasteiger partial charge on any atom is 0.223 e. The average molecular weight is 265 g/mol. The number of hydrogen-bond donors (Lipinski definition) is 2. The van der Waals surface area contributed by atoms with E-state index in [0.29, 0.717) is 12.5 Å². The summed E-state index contributed by atoms with van der Waals surface area (Å²) in [6.07, 6.45) is 3.99. The maximum atomic E-state index is 11.4. The molecule has 1 aliphatic carbocycles. The second-order valence-corrected chi connectivity index (χ2v) is 5.25. The Bertz CT molecular complexity index is 436. The fourth-order valence-electron chi connectivity index (χ4n) is 1.99. The Morgan fingerprint density at radius 2 is 2.21 bits per heavy atom. The number of anilines is 1. The molecule has 19 heavy (non-hydrogen) atoms. The normalized spacial score (nSPS) is 14.5. The van der Waals surface area contributed by atoms with Gasteiger partial charge in [-0.05, 0) is 12.8 Å². The zero-order valence-corrected chi connectivity index (χ0v) is 11.9. The molecule has 0 unspecified atom stereocenters. The van der Waals surface area contributed by atoms with E-state index in [-0.39, 0.29) is 5.91 Å². The lowest BCUT2D eigenvalue weighted by Gasteiger charge is -2.13. The molecule has 1 amide bonds. The van der Waals surface area contributed by atoms with Gasteiger partial charge in [0.05, 0.1) is 11.9 Å². The molecule has 6 heteroatoms. The molecular weight excluding hydrogens is 242 g/mol. The Labute approximate surface area is 114 Å². The summed E-state index contributed by atoms with van der Waals surface area (Å²) in [6.45, 7) is 2.23. The molecule has 0 saturated heterocycles. The zero-order valence-electron chi connectivity index (χ0n) is 11.9. The van der Waals surface area contributed by atoms with Crippen molar-refractivity contribution in [2.45, 2.75) is 19.4 Å². The van der Waals surface area contributed by atoms with Gasteiger partial charge in [-0.25, -0.2) is 4.98 Å². The van der Waals surface area contributed by atoms with Crippen LogP contribution < -0.4 is 15.5 Å². The summed E-state index contributed by atoms with van der Waals surface area (Å²) in [4.78, 5) is 17.8. The monoisotopic (exact) mass is 265 g/mol. The molecule has 6 nitrogen and oxygen atoms in total. The highest BCUT2D eigenvalue weighted by molar-refractivity contribution is 5.80. The molecule has 0 atom stereocenters. The number of aromatic nitrogens is 2. The van der Waals surface area contributed by atoms with Gasteiger partial charge in [-0.3, -0.25) is 4.79 Å². The minimum absolute atomic E-state index is 0.206. The molecule has 1 aromatic rings. The number of carbonyl (C=O) groups is 1. The van der Waals surface area contributed by atoms with Crippen molar-refractivity contribution in [2.24, 2.45) is 13.0 Å². The summed E-state index contributed by atoms with van der Waals surface area (Å²) in [7, 11) is 5.97. The third-order valence-electron chi connectivity index (χ3n) is 3.32. The van der Waals surface area contributed by atoms with Gasteiger partial charge in [-0.1, -0.05) is 0 Å². The summed E-state index contributed by atoms with van der Waals surface area (Å²) in [5, 5.41) is 6.25. The summed E-state index contributed by atoms with van der Waals surface area (Å²) in [5.41, 5.74) is 1.14. The smallest absolute Gasteiger partial charge is 0.223 e. The van der Waals surface area contributed by atoms with Crippen LogP contribution in [0.25, 0.3) is 0 Å². The SMILES string of the molecule is CN(C)c1ncc(CNCCNC(=O)C2CC2)n1C. The van der Waals surface area contributed by atoms with Crippen molar-refractivity contribution in [1.29, 1.82) is 0 Å². The Balaban J connectivity index is 1.66. The van der Waals surface area contributed by atoms with E-state index >= 15 is 0 Å². The third-order valence-corrected chi connectivity index (χ3v) is 3.32. The Hall–Kier alpha value is -1.56. The van der Waals surface area contributed by atoms with Crippen molar-refractivity contribution in [3.8, 4) is 0 Å². The second-order valence-electron chi connectivity index (χ2n) is 5.25. The molecule has 0 bridgehead atoms. The Kier molecular flexibility index (Phi) is 4.42. The van der Waals surface area contributed by atoms with Crippen molar-refractivity contribution < 1.29 is 4.79 Å². The van der Waals surface area contributed by atoms with Crippen molar-refractivity contribution >= 4 is 11.9 Å². The van der Waals surface area contributed by atoms with E-state index in [1.165, 1.54) is 0 Å². The number of nitrogens with one attached hydrogen (secondary N) is 2. The first-order valence-electron chi connectivity index (χ1n) is 6.76. The van der Waals surface area contributed by atoms with E-state index in [9.17, 15) is 4.79 Å². The van der Waals surface area contributed by atoms with Gasteiger partial charge in [0.25, 0.3) is 0 Å². The van der Waals surface area contributed by atoms with Gasteiger partial charge in [-0.15, -0.1) is 0 Å². The molecule has 0 aliphatic heterocycles. The van der Waals surface area contributed by atoms with Crippen LogP contribution in [0.15, 0.2) is 6.20 Å². The summed E-state index contributed by atoms with van der Waals surface area (Å²) < 4.78 is 2.07. The van der Waals surface area contributed by atoms with E-state index < -0.39 is 0 Å². The number of nitrogens with zero attached hydrogens (tertiary/aromatic N) is 3. The lowest BCUT2D eigenvalue weighted by Crippen LogP contribution is -2.32. The van der Waals surface area contributed by atoms with Gasteiger partial charge in [0.15, 0.2) is 0 Å². The van der Waals surface area contributed by atoms with Gasteiger partial charge in [0.1, 0.15) is 0 Å². The summed E-state index contributed by atoms with van der Waals surface area (Å²) in [6, 6.07) is 0. The molecule has 1 aliphatic rings. The van der Waals surface area contributed by atoms with Crippen molar-refractivity contribution in [3.05, 3.63) is 11.9 Å². The van der Waals surface area contributed by atoms with E-state index in [0.717, 1.165) is 37.6 Å². The molecule has 0 aromatic carbocycles. The minimum atomic E-state index is 0.206. The van der Waals surface area contributed by atoms with Crippen LogP contribution in [0.5, 0.6) is 0 Å². The van der Waals surface area contributed by atoms with Crippen LogP contribution in [0, 0.1) is 5.92 Å². The summed E-state index contributed by atoms with van der Waals surface area (Å²) >= 11 is 0. The van der Waals surface area contributed by atoms with Gasteiger partial charge in [0.2, 0.25) is 11.9 Å². The predicted octanol–water partition coefficient (Wildman–Crippen LogP) is 0.102. The number of hydrogen-bond acceptors (Lipinski definition) is 4. The van der Waals surface area contributed by atoms with Crippen molar-refractivity contribution in [2.75, 3.05) is 32.1 Å². The van der Waals surface area contributed by atoms with Gasteiger partial charge < -0.3 is 20.1 Å². The lowest BCUT2D eigenvalue weighted by atomic mass is 10.4. The highest BCUT2D eigenvalue weighted by atomic mass is 16.2. The Morgan fingerprint density at radius 1 is 1.47 bits per heavy atom. The molecule has 2 rings (SSSR count). The molecule has 1 fully saturated rings. The predicted molar refractivity (Wildman–Crippen MR) is 75.0 cm³/mol. The third kappa shape index (κ3) is 3.70. The number of imidazole rings is 1. The van der Waals surface area contributed by atoms with Crippen LogP contribution in [-0.4, -0.2) is 42.6 Å². The molecule has 1 heterocycles. The van der Waals surface area contributed by atoms with E-state index in [1.54, 1.807) is 0 Å². The first-order valence-corrected chi connectivity index (χ1v) is 6.76. The first-order chi connectivity index (χ1) is 9.09. The van der Waals surface area contributed by atoms with Crippen LogP contribution in [0.2, 0.25) is 0 Å². The maximum absolute atomic E-state index is 11.4. The van der Waals surface area contributed by atoms with Crippen LogP contribution in [-0.2, 0) is 18.4 Å². The molecule has 1 aromatic heterocycles. The Morgan fingerprint density at radius 3 is 2.79 bits per heavy atom. The van der Waals surface area contributed by atoms with Gasteiger partial charge in [-0.2, -0.15) is 0 Å². The average Bonchev–Trinajstić information content (AvgIpc) is 3.14. The lowest BCUT2D eigenvalue weighted by molar-refractivity contribution is -0.122. The highest BCUT2D eigenvalue weighted by Crippen LogP contribution is 2.28.